The number of anilines is 2. The summed E-state index contributed by atoms with van der Waals surface area (Å²) in [5.74, 6) is -1.27. The van der Waals surface area contributed by atoms with E-state index in [4.69, 9.17) is 10.5 Å². The van der Waals surface area contributed by atoms with E-state index < -0.39 is 24.0 Å². The number of carbonyl (C=O) groups excluding carboxylic acids is 4. The summed E-state index contributed by atoms with van der Waals surface area (Å²) in [5.41, 5.74) is 6.66. The highest BCUT2D eigenvalue weighted by Gasteiger charge is 2.19. The Morgan fingerprint density at radius 3 is 1.81 bits per heavy atom. The number of rotatable bonds is 6. The van der Waals surface area contributed by atoms with Crippen LogP contribution in [0.15, 0.2) is 48.5 Å². The number of benzene rings is 2. The van der Waals surface area contributed by atoms with Gasteiger partial charge in [-0.25, -0.2) is 9.59 Å². The molecular formula is C19H19N3O5. The third kappa shape index (κ3) is 5.67. The number of primary amides is 1. The molecule has 8 nitrogen and oxygen atoms in total. The number of nitrogens with one attached hydrogen (secondary N) is 2. The molecule has 0 saturated carbocycles. The number of esters is 1. The van der Waals surface area contributed by atoms with Crippen LogP contribution in [-0.4, -0.2) is 29.8 Å². The molecule has 8 heteroatoms. The van der Waals surface area contributed by atoms with Gasteiger partial charge >= 0.3 is 12.0 Å². The normalized spacial score (nSPS) is 11.2. The van der Waals surface area contributed by atoms with Crippen molar-refractivity contribution in [2.24, 2.45) is 5.73 Å². The molecule has 0 bridgehead atoms. The van der Waals surface area contributed by atoms with Crippen molar-refractivity contribution in [2.45, 2.75) is 20.0 Å². The van der Waals surface area contributed by atoms with Crippen molar-refractivity contribution in [3.63, 3.8) is 0 Å². The van der Waals surface area contributed by atoms with Crippen LogP contribution in [0.1, 0.15) is 34.6 Å². The molecule has 0 saturated heterocycles. The number of amides is 3. The van der Waals surface area contributed by atoms with Crippen LogP contribution in [0.3, 0.4) is 0 Å². The first-order valence-corrected chi connectivity index (χ1v) is 8.05. The molecule has 2 rings (SSSR count). The topological polar surface area (TPSA) is 128 Å². The summed E-state index contributed by atoms with van der Waals surface area (Å²) in [6.45, 7) is 2.89. The Morgan fingerprint density at radius 1 is 0.852 bits per heavy atom. The van der Waals surface area contributed by atoms with Gasteiger partial charge < -0.3 is 21.1 Å². The molecule has 4 N–H and O–H groups in total. The Balaban J connectivity index is 1.93. The van der Waals surface area contributed by atoms with Gasteiger partial charge in [0.1, 0.15) is 0 Å². The molecule has 0 aliphatic rings. The van der Waals surface area contributed by atoms with Gasteiger partial charge in [0.2, 0.25) is 0 Å². The van der Waals surface area contributed by atoms with Crippen LogP contribution in [0.25, 0.3) is 0 Å². The molecule has 140 valence electrons. The van der Waals surface area contributed by atoms with Crippen molar-refractivity contribution in [2.75, 3.05) is 10.6 Å². The van der Waals surface area contributed by atoms with Crippen molar-refractivity contribution in [3.05, 3.63) is 59.7 Å². The van der Waals surface area contributed by atoms with E-state index in [9.17, 15) is 19.2 Å². The molecule has 2 aromatic rings. The Hall–Kier alpha value is -3.68. The van der Waals surface area contributed by atoms with Crippen LogP contribution in [0.5, 0.6) is 0 Å². The maximum absolute atomic E-state index is 12.2. The van der Waals surface area contributed by atoms with Crippen LogP contribution < -0.4 is 16.4 Å². The molecule has 0 fully saturated rings. The monoisotopic (exact) mass is 369 g/mol. The van der Waals surface area contributed by atoms with Gasteiger partial charge in [-0.2, -0.15) is 0 Å². The molecular weight excluding hydrogens is 350 g/mol. The lowest BCUT2D eigenvalue weighted by Gasteiger charge is -2.14. The lowest BCUT2D eigenvalue weighted by Crippen LogP contribution is -2.30. The van der Waals surface area contributed by atoms with E-state index in [1.165, 1.54) is 38.1 Å². The average Bonchev–Trinajstić information content (AvgIpc) is 2.62. The largest absolute Gasteiger partial charge is 0.449 e. The predicted octanol–water partition coefficient (Wildman–Crippen LogP) is 2.56. The molecule has 27 heavy (non-hydrogen) atoms. The molecule has 0 spiro atoms. The Labute approximate surface area is 155 Å². The fraction of sp³-hybridized carbons (Fsp3) is 0.158. The first-order chi connectivity index (χ1) is 12.8. The molecule has 1 atom stereocenters. The SMILES string of the molecule is CC(=O)c1ccc(NC(=O)[C@@H](C)OC(=O)c2ccc(NC(N)=O)cc2)cc1. The lowest BCUT2D eigenvalue weighted by atomic mass is 10.1. The fourth-order valence-electron chi connectivity index (χ4n) is 2.15. The van der Waals surface area contributed by atoms with Crippen LogP contribution in [0.2, 0.25) is 0 Å². The maximum Gasteiger partial charge on any atom is 0.338 e. The van der Waals surface area contributed by atoms with Gasteiger partial charge in [0.15, 0.2) is 11.9 Å². The molecule has 2 aromatic carbocycles. The number of carbonyl (C=O) groups is 4. The van der Waals surface area contributed by atoms with E-state index in [1.54, 1.807) is 24.3 Å². The minimum absolute atomic E-state index is 0.0766. The van der Waals surface area contributed by atoms with Crippen LogP contribution in [0.4, 0.5) is 16.2 Å². The van der Waals surface area contributed by atoms with E-state index in [0.29, 0.717) is 16.9 Å². The molecule has 0 aliphatic heterocycles. The second-order valence-corrected chi connectivity index (χ2v) is 5.74. The Morgan fingerprint density at radius 2 is 1.33 bits per heavy atom. The molecule has 0 radical (unpaired) electrons. The van der Waals surface area contributed by atoms with E-state index in [2.05, 4.69) is 10.6 Å². The minimum atomic E-state index is -1.03. The van der Waals surface area contributed by atoms with E-state index >= 15 is 0 Å². The average molecular weight is 369 g/mol. The van der Waals surface area contributed by atoms with E-state index in [1.807, 2.05) is 0 Å². The highest BCUT2D eigenvalue weighted by atomic mass is 16.5. The summed E-state index contributed by atoms with van der Waals surface area (Å²) in [5, 5.41) is 4.98. The lowest BCUT2D eigenvalue weighted by molar-refractivity contribution is -0.123. The number of ether oxygens (including phenoxy) is 1. The maximum atomic E-state index is 12.2. The molecule has 0 aromatic heterocycles. The molecule has 0 heterocycles. The first kappa shape index (κ1) is 19.6. The van der Waals surface area contributed by atoms with Gasteiger partial charge in [0, 0.05) is 16.9 Å². The van der Waals surface area contributed by atoms with Crippen LogP contribution >= 0.6 is 0 Å². The quantitative estimate of drug-likeness (QED) is 0.532. The highest BCUT2D eigenvalue weighted by Crippen LogP contribution is 2.13. The van der Waals surface area contributed by atoms with Crippen molar-refractivity contribution >= 4 is 35.1 Å². The van der Waals surface area contributed by atoms with E-state index in [0.717, 1.165) is 0 Å². The fourth-order valence-corrected chi connectivity index (χ4v) is 2.15. The number of urea groups is 1. The van der Waals surface area contributed by atoms with Crippen molar-refractivity contribution in [3.8, 4) is 0 Å². The van der Waals surface area contributed by atoms with Crippen molar-refractivity contribution < 1.29 is 23.9 Å². The first-order valence-electron chi connectivity index (χ1n) is 8.05. The number of hydrogen-bond acceptors (Lipinski definition) is 5. The summed E-state index contributed by atoms with van der Waals surface area (Å²) in [6.07, 6.45) is -1.03. The predicted molar refractivity (Wildman–Crippen MR) is 99.6 cm³/mol. The highest BCUT2D eigenvalue weighted by molar-refractivity contribution is 5.98. The summed E-state index contributed by atoms with van der Waals surface area (Å²) in [7, 11) is 0. The van der Waals surface area contributed by atoms with E-state index in [-0.39, 0.29) is 11.3 Å². The van der Waals surface area contributed by atoms with Gasteiger partial charge in [-0.15, -0.1) is 0 Å². The Bertz CT molecular complexity index is 860. The molecule has 0 unspecified atom stereocenters. The molecule has 3 amide bonds. The van der Waals surface area contributed by atoms with Crippen molar-refractivity contribution in [1.82, 2.24) is 0 Å². The second kappa shape index (κ2) is 8.61. The third-order valence-electron chi connectivity index (χ3n) is 3.60. The van der Waals surface area contributed by atoms with Gasteiger partial charge in [-0.3, -0.25) is 9.59 Å². The second-order valence-electron chi connectivity index (χ2n) is 5.74. The zero-order valence-corrected chi connectivity index (χ0v) is 14.8. The zero-order chi connectivity index (χ0) is 20.0. The summed E-state index contributed by atoms with van der Waals surface area (Å²) < 4.78 is 5.14. The smallest absolute Gasteiger partial charge is 0.338 e. The standard InChI is InChI=1S/C19H19N3O5/c1-11(23)13-3-7-15(8-4-13)21-17(24)12(2)27-18(25)14-5-9-16(10-6-14)22-19(20)26/h3-10,12H,1-2H3,(H,21,24)(H3,20,22,26)/t12-/m1/s1. The van der Waals surface area contributed by atoms with Crippen LogP contribution in [-0.2, 0) is 9.53 Å². The number of nitrogens with two attached hydrogens (primary N) is 1. The minimum Gasteiger partial charge on any atom is -0.449 e. The van der Waals surface area contributed by atoms with Gasteiger partial charge in [0.05, 0.1) is 5.56 Å². The van der Waals surface area contributed by atoms with Gasteiger partial charge in [0.25, 0.3) is 5.91 Å². The van der Waals surface area contributed by atoms with Gasteiger partial charge in [-0.1, -0.05) is 0 Å². The zero-order valence-electron chi connectivity index (χ0n) is 14.8. The summed E-state index contributed by atoms with van der Waals surface area (Å²) >= 11 is 0. The number of ketones is 1. The number of Topliss-reactive ketones (excluding diaryl/α,β-unsaturated/α-hetero) is 1. The van der Waals surface area contributed by atoms with Crippen LogP contribution in [0, 0.1) is 0 Å². The van der Waals surface area contributed by atoms with Gasteiger partial charge in [-0.05, 0) is 62.4 Å². The van der Waals surface area contributed by atoms with Crippen molar-refractivity contribution in [1.29, 1.82) is 0 Å². The Kier molecular flexibility index (Phi) is 6.27. The summed E-state index contributed by atoms with van der Waals surface area (Å²) in [6, 6.07) is 11.5. The third-order valence-corrected chi connectivity index (χ3v) is 3.60. The summed E-state index contributed by atoms with van der Waals surface area (Å²) in [4.78, 5) is 46.3. The molecule has 0 aliphatic carbocycles. The number of hydrogen-bond donors (Lipinski definition) is 3.